The molecular weight excluding hydrogens is 298 g/mol. The molecule has 23 heavy (non-hydrogen) atoms. The van der Waals surface area contributed by atoms with Crippen LogP contribution in [0.25, 0.3) is 0 Å². The van der Waals surface area contributed by atoms with E-state index in [1.165, 1.54) is 7.11 Å². The standard InChI is InChI=1S/C17H21NO5/c1-13-14(16(19)20-2)4-3-5-15(13)22-10-11-23-17(12-18)6-8-21-9-7-17/h3-5H,6-11H2,1-2H3. The summed E-state index contributed by atoms with van der Waals surface area (Å²) in [6.07, 6.45) is 1.14. The van der Waals surface area contributed by atoms with Crippen molar-refractivity contribution in [2.75, 3.05) is 33.5 Å². The fourth-order valence-corrected chi connectivity index (χ4v) is 2.48. The van der Waals surface area contributed by atoms with Gasteiger partial charge in [-0.25, -0.2) is 4.79 Å². The molecule has 1 aliphatic rings. The first-order valence-electron chi connectivity index (χ1n) is 7.55. The smallest absolute Gasteiger partial charge is 0.338 e. The van der Waals surface area contributed by atoms with Gasteiger partial charge in [0.25, 0.3) is 0 Å². The van der Waals surface area contributed by atoms with Crippen molar-refractivity contribution < 1.29 is 23.7 Å². The van der Waals surface area contributed by atoms with Crippen molar-refractivity contribution >= 4 is 5.97 Å². The molecule has 0 radical (unpaired) electrons. The zero-order valence-electron chi connectivity index (χ0n) is 13.5. The summed E-state index contributed by atoms with van der Waals surface area (Å²) in [4.78, 5) is 11.7. The van der Waals surface area contributed by atoms with Gasteiger partial charge in [0.1, 0.15) is 12.4 Å². The van der Waals surface area contributed by atoms with Crippen LogP contribution in [0.2, 0.25) is 0 Å². The Morgan fingerprint density at radius 2 is 2.09 bits per heavy atom. The SMILES string of the molecule is COC(=O)c1cccc(OCCOC2(C#N)CCOCC2)c1C. The first-order chi connectivity index (χ1) is 11.1. The summed E-state index contributed by atoms with van der Waals surface area (Å²) in [6.45, 7) is 3.48. The molecule has 6 heteroatoms. The third-order valence-corrected chi connectivity index (χ3v) is 3.91. The van der Waals surface area contributed by atoms with Gasteiger partial charge in [0.15, 0.2) is 5.60 Å². The Kier molecular flexibility index (Phi) is 5.97. The molecule has 0 unspecified atom stereocenters. The molecule has 1 fully saturated rings. The van der Waals surface area contributed by atoms with E-state index < -0.39 is 11.6 Å². The largest absolute Gasteiger partial charge is 0.491 e. The third-order valence-electron chi connectivity index (χ3n) is 3.91. The second-order valence-corrected chi connectivity index (χ2v) is 5.34. The summed E-state index contributed by atoms with van der Waals surface area (Å²) in [7, 11) is 1.35. The van der Waals surface area contributed by atoms with Gasteiger partial charge in [-0.3, -0.25) is 0 Å². The normalized spacial score (nSPS) is 16.4. The van der Waals surface area contributed by atoms with Gasteiger partial charge in [0.05, 0.1) is 38.6 Å². The number of nitriles is 1. The molecule has 0 aliphatic carbocycles. The molecule has 6 nitrogen and oxygen atoms in total. The number of ether oxygens (including phenoxy) is 4. The Balaban J connectivity index is 1.89. The van der Waals surface area contributed by atoms with Crippen molar-refractivity contribution in [2.45, 2.75) is 25.4 Å². The highest BCUT2D eigenvalue weighted by molar-refractivity contribution is 5.91. The molecule has 0 amide bonds. The minimum atomic E-state index is -0.773. The fraction of sp³-hybridized carbons (Fsp3) is 0.529. The Morgan fingerprint density at radius 1 is 1.35 bits per heavy atom. The van der Waals surface area contributed by atoms with Crippen LogP contribution in [-0.4, -0.2) is 45.1 Å². The number of rotatable bonds is 6. The van der Waals surface area contributed by atoms with Crippen molar-refractivity contribution in [3.05, 3.63) is 29.3 Å². The maximum absolute atomic E-state index is 11.7. The maximum Gasteiger partial charge on any atom is 0.338 e. The minimum absolute atomic E-state index is 0.301. The van der Waals surface area contributed by atoms with E-state index in [1.807, 2.05) is 0 Å². The molecule has 0 saturated carbocycles. The fourth-order valence-electron chi connectivity index (χ4n) is 2.48. The average molecular weight is 319 g/mol. The van der Waals surface area contributed by atoms with Gasteiger partial charge < -0.3 is 18.9 Å². The quantitative estimate of drug-likeness (QED) is 0.591. The molecule has 1 aliphatic heterocycles. The monoisotopic (exact) mass is 319 g/mol. The summed E-state index contributed by atoms with van der Waals surface area (Å²) >= 11 is 0. The lowest BCUT2D eigenvalue weighted by Gasteiger charge is -2.30. The van der Waals surface area contributed by atoms with Crippen LogP contribution in [0.3, 0.4) is 0 Å². The van der Waals surface area contributed by atoms with Gasteiger partial charge in [-0.05, 0) is 19.1 Å². The predicted molar refractivity (Wildman–Crippen MR) is 82.4 cm³/mol. The van der Waals surface area contributed by atoms with Crippen LogP contribution in [0.15, 0.2) is 18.2 Å². The van der Waals surface area contributed by atoms with Crippen LogP contribution in [0.4, 0.5) is 0 Å². The minimum Gasteiger partial charge on any atom is -0.491 e. The van der Waals surface area contributed by atoms with Crippen LogP contribution < -0.4 is 4.74 Å². The van der Waals surface area contributed by atoms with E-state index in [4.69, 9.17) is 18.9 Å². The highest BCUT2D eigenvalue weighted by atomic mass is 16.5. The first kappa shape index (κ1) is 17.3. The number of hydrogen-bond donors (Lipinski definition) is 0. The van der Waals surface area contributed by atoms with Crippen LogP contribution in [0.1, 0.15) is 28.8 Å². The van der Waals surface area contributed by atoms with E-state index in [-0.39, 0.29) is 0 Å². The molecule has 0 bridgehead atoms. The third kappa shape index (κ3) is 4.21. The number of benzene rings is 1. The molecule has 124 valence electrons. The van der Waals surface area contributed by atoms with Gasteiger partial charge in [-0.2, -0.15) is 5.26 Å². The van der Waals surface area contributed by atoms with Crippen molar-refractivity contribution in [1.82, 2.24) is 0 Å². The van der Waals surface area contributed by atoms with Crippen LogP contribution in [-0.2, 0) is 14.2 Å². The number of carbonyl (C=O) groups is 1. The van der Waals surface area contributed by atoms with E-state index in [2.05, 4.69) is 6.07 Å². The van der Waals surface area contributed by atoms with E-state index in [9.17, 15) is 10.1 Å². The lowest BCUT2D eigenvalue weighted by atomic mass is 9.96. The topological polar surface area (TPSA) is 77.8 Å². The number of esters is 1. The van der Waals surface area contributed by atoms with E-state index in [0.717, 1.165) is 5.56 Å². The molecule has 0 spiro atoms. The summed E-state index contributed by atoms with van der Waals surface area (Å²) in [5, 5.41) is 9.30. The molecule has 1 heterocycles. The van der Waals surface area contributed by atoms with Gasteiger partial charge in [0.2, 0.25) is 0 Å². The number of methoxy groups -OCH3 is 1. The van der Waals surface area contributed by atoms with Gasteiger partial charge in [-0.15, -0.1) is 0 Å². The second kappa shape index (κ2) is 7.95. The van der Waals surface area contributed by atoms with E-state index >= 15 is 0 Å². The second-order valence-electron chi connectivity index (χ2n) is 5.34. The lowest BCUT2D eigenvalue weighted by Crippen LogP contribution is -2.38. The molecule has 2 rings (SSSR count). The van der Waals surface area contributed by atoms with Crippen molar-refractivity contribution in [3.8, 4) is 11.8 Å². The number of nitrogens with zero attached hydrogens (tertiary/aromatic N) is 1. The molecule has 0 atom stereocenters. The van der Waals surface area contributed by atoms with Crippen molar-refractivity contribution in [3.63, 3.8) is 0 Å². The molecule has 1 aromatic rings. The Hall–Kier alpha value is -2.10. The zero-order chi connectivity index (χ0) is 16.7. The predicted octanol–water partition coefficient (Wildman–Crippen LogP) is 2.25. The average Bonchev–Trinajstić information content (AvgIpc) is 2.60. The summed E-state index contributed by atoms with van der Waals surface area (Å²) in [5.41, 5.74) is 0.425. The summed E-state index contributed by atoms with van der Waals surface area (Å²) in [5.74, 6) is 0.212. The van der Waals surface area contributed by atoms with Crippen LogP contribution in [0.5, 0.6) is 5.75 Å². The molecule has 0 aromatic heterocycles. The Morgan fingerprint density at radius 3 is 2.74 bits per heavy atom. The molecule has 1 saturated heterocycles. The van der Waals surface area contributed by atoms with Crippen LogP contribution >= 0.6 is 0 Å². The highest BCUT2D eigenvalue weighted by Gasteiger charge is 2.33. The van der Waals surface area contributed by atoms with Crippen molar-refractivity contribution in [2.24, 2.45) is 0 Å². The number of carbonyl (C=O) groups excluding carboxylic acids is 1. The lowest BCUT2D eigenvalue weighted by molar-refractivity contribution is -0.0815. The molecular formula is C17H21NO5. The summed E-state index contributed by atoms with van der Waals surface area (Å²) in [6, 6.07) is 7.46. The van der Waals surface area contributed by atoms with E-state index in [1.54, 1.807) is 25.1 Å². The van der Waals surface area contributed by atoms with Gasteiger partial charge >= 0.3 is 5.97 Å². The number of hydrogen-bond acceptors (Lipinski definition) is 6. The van der Waals surface area contributed by atoms with Gasteiger partial charge in [-0.1, -0.05) is 6.07 Å². The van der Waals surface area contributed by atoms with E-state index in [0.29, 0.717) is 50.6 Å². The first-order valence-corrected chi connectivity index (χ1v) is 7.55. The maximum atomic E-state index is 11.7. The van der Waals surface area contributed by atoms with Crippen LogP contribution in [0, 0.1) is 18.3 Å². The zero-order valence-corrected chi connectivity index (χ0v) is 13.5. The highest BCUT2D eigenvalue weighted by Crippen LogP contribution is 2.25. The summed E-state index contributed by atoms with van der Waals surface area (Å²) < 4.78 is 21.4. The molecule has 1 aromatic carbocycles. The Labute approximate surface area is 135 Å². The molecule has 0 N–H and O–H groups in total. The van der Waals surface area contributed by atoms with Gasteiger partial charge in [0, 0.05) is 18.4 Å². The Bertz CT molecular complexity index is 587. The van der Waals surface area contributed by atoms with Crippen molar-refractivity contribution in [1.29, 1.82) is 5.26 Å².